The number of unbranched alkanes of at least 4 members (excludes halogenated alkanes) is 1. The molecule has 7 heteroatoms. The van der Waals surface area contributed by atoms with Crippen LogP contribution in [0.2, 0.25) is 0 Å². The van der Waals surface area contributed by atoms with E-state index in [0.29, 0.717) is 13.0 Å². The number of aliphatic carboxylic acids is 1. The van der Waals surface area contributed by atoms with Gasteiger partial charge in [0, 0.05) is 0 Å². The first-order valence-electron chi connectivity index (χ1n) is 7.24. The van der Waals surface area contributed by atoms with Gasteiger partial charge in [0.15, 0.2) is 0 Å². The molecule has 0 unspecified atom stereocenters. The molecular formula is C14H26N2O5. The van der Waals surface area contributed by atoms with E-state index in [1.165, 1.54) is 6.92 Å². The molecule has 0 saturated heterocycles. The van der Waals surface area contributed by atoms with Gasteiger partial charge in [0.1, 0.15) is 12.1 Å². The van der Waals surface area contributed by atoms with Crippen molar-refractivity contribution in [2.75, 3.05) is 6.61 Å². The van der Waals surface area contributed by atoms with E-state index in [1.807, 2.05) is 20.8 Å². The largest absolute Gasteiger partial charge is 0.480 e. The Morgan fingerprint density at radius 2 is 1.76 bits per heavy atom. The van der Waals surface area contributed by atoms with Crippen molar-refractivity contribution in [3.05, 3.63) is 0 Å². The number of nitrogens with one attached hydrogen (secondary N) is 2. The summed E-state index contributed by atoms with van der Waals surface area (Å²) in [4.78, 5) is 34.4. The Hall–Kier alpha value is -1.79. The van der Waals surface area contributed by atoms with Crippen molar-refractivity contribution in [2.45, 2.75) is 59.0 Å². The number of carbonyl (C=O) groups excluding carboxylic acids is 2. The van der Waals surface area contributed by atoms with Crippen molar-refractivity contribution >= 4 is 18.0 Å². The highest BCUT2D eigenvalue weighted by atomic mass is 16.5. The van der Waals surface area contributed by atoms with Gasteiger partial charge >= 0.3 is 12.1 Å². The summed E-state index contributed by atoms with van der Waals surface area (Å²) in [5.74, 6) is -1.49. The minimum atomic E-state index is -1.13. The lowest BCUT2D eigenvalue weighted by atomic mass is 10.0. The Balaban J connectivity index is 4.53. The zero-order valence-electron chi connectivity index (χ0n) is 13.1. The van der Waals surface area contributed by atoms with Crippen LogP contribution in [0.15, 0.2) is 0 Å². The molecule has 0 aliphatic carbocycles. The highest BCUT2D eigenvalue weighted by molar-refractivity contribution is 5.89. The number of rotatable bonds is 9. The fourth-order valence-electron chi connectivity index (χ4n) is 1.57. The molecule has 0 aliphatic rings. The fraction of sp³-hybridized carbons (Fsp3) is 0.786. The van der Waals surface area contributed by atoms with E-state index in [9.17, 15) is 14.4 Å². The number of carboxylic acids is 1. The number of hydrogen-bond acceptors (Lipinski definition) is 4. The maximum atomic E-state index is 12.0. The average molecular weight is 302 g/mol. The third kappa shape index (κ3) is 8.88. The van der Waals surface area contributed by atoms with Crippen molar-refractivity contribution in [2.24, 2.45) is 5.92 Å². The van der Waals surface area contributed by atoms with Gasteiger partial charge in [-0.1, -0.05) is 27.2 Å². The molecule has 0 heterocycles. The third-order valence-electron chi connectivity index (χ3n) is 2.78. The van der Waals surface area contributed by atoms with Crippen LogP contribution in [-0.2, 0) is 14.3 Å². The first kappa shape index (κ1) is 19.2. The van der Waals surface area contributed by atoms with Crippen LogP contribution in [0.3, 0.4) is 0 Å². The van der Waals surface area contributed by atoms with Crippen molar-refractivity contribution in [3.8, 4) is 0 Å². The van der Waals surface area contributed by atoms with Crippen LogP contribution >= 0.6 is 0 Å². The Morgan fingerprint density at radius 1 is 1.14 bits per heavy atom. The van der Waals surface area contributed by atoms with Crippen molar-refractivity contribution < 1.29 is 24.2 Å². The van der Waals surface area contributed by atoms with E-state index < -0.39 is 30.1 Å². The molecular weight excluding hydrogens is 276 g/mol. The summed E-state index contributed by atoms with van der Waals surface area (Å²) in [6.07, 6.45) is 1.40. The van der Waals surface area contributed by atoms with Gasteiger partial charge in [0.05, 0.1) is 6.61 Å². The molecule has 2 amide bonds. The second-order valence-electron chi connectivity index (χ2n) is 5.38. The van der Waals surface area contributed by atoms with Gasteiger partial charge in [-0.2, -0.15) is 0 Å². The van der Waals surface area contributed by atoms with E-state index >= 15 is 0 Å². The highest BCUT2D eigenvalue weighted by Gasteiger charge is 2.25. The van der Waals surface area contributed by atoms with E-state index in [1.54, 1.807) is 0 Å². The maximum absolute atomic E-state index is 12.0. The van der Waals surface area contributed by atoms with Crippen LogP contribution in [0.1, 0.15) is 47.0 Å². The standard InChI is InChI=1S/C14H26N2O5/c1-5-6-7-21-14(20)16-11(8-9(2)3)12(17)15-10(4)13(18)19/h9-11H,5-8H2,1-4H3,(H,15,17)(H,16,20)(H,18,19)/t10-,11-/m0/s1. The topological polar surface area (TPSA) is 105 Å². The zero-order valence-corrected chi connectivity index (χ0v) is 13.1. The zero-order chi connectivity index (χ0) is 16.4. The van der Waals surface area contributed by atoms with Gasteiger partial charge in [-0.25, -0.2) is 4.79 Å². The van der Waals surface area contributed by atoms with Crippen molar-refractivity contribution in [1.29, 1.82) is 0 Å². The van der Waals surface area contributed by atoms with Gasteiger partial charge in [-0.15, -0.1) is 0 Å². The lowest BCUT2D eigenvalue weighted by Gasteiger charge is -2.21. The molecule has 0 aromatic rings. The van der Waals surface area contributed by atoms with Gasteiger partial charge in [-0.05, 0) is 25.7 Å². The molecule has 0 rings (SSSR count). The van der Waals surface area contributed by atoms with Crippen LogP contribution in [0.5, 0.6) is 0 Å². The molecule has 0 aliphatic heterocycles. The molecule has 0 saturated carbocycles. The molecule has 21 heavy (non-hydrogen) atoms. The van der Waals surface area contributed by atoms with Gasteiger partial charge in [0.2, 0.25) is 5.91 Å². The maximum Gasteiger partial charge on any atom is 0.407 e. The normalized spacial score (nSPS) is 13.4. The van der Waals surface area contributed by atoms with Gasteiger partial charge in [0.25, 0.3) is 0 Å². The fourth-order valence-corrected chi connectivity index (χ4v) is 1.57. The summed E-state index contributed by atoms with van der Waals surface area (Å²) in [5, 5.41) is 13.6. The van der Waals surface area contributed by atoms with Crippen LogP contribution in [0.4, 0.5) is 4.79 Å². The molecule has 0 radical (unpaired) electrons. The minimum Gasteiger partial charge on any atom is -0.480 e. The monoisotopic (exact) mass is 302 g/mol. The average Bonchev–Trinajstić information content (AvgIpc) is 2.37. The van der Waals surface area contributed by atoms with E-state index in [-0.39, 0.29) is 5.92 Å². The molecule has 0 spiro atoms. The van der Waals surface area contributed by atoms with Crippen LogP contribution in [0, 0.1) is 5.92 Å². The number of hydrogen-bond donors (Lipinski definition) is 3. The molecule has 0 aromatic carbocycles. The summed E-state index contributed by atoms with van der Waals surface area (Å²) in [7, 11) is 0. The van der Waals surface area contributed by atoms with E-state index in [0.717, 1.165) is 12.8 Å². The quantitative estimate of drug-likeness (QED) is 0.560. The van der Waals surface area contributed by atoms with Crippen molar-refractivity contribution in [1.82, 2.24) is 10.6 Å². The van der Waals surface area contributed by atoms with Crippen LogP contribution in [0.25, 0.3) is 0 Å². The number of carboxylic acid groups (broad SMARTS) is 1. The number of ether oxygens (including phenoxy) is 1. The summed E-state index contributed by atoms with van der Waals surface area (Å²) >= 11 is 0. The minimum absolute atomic E-state index is 0.164. The van der Waals surface area contributed by atoms with Gasteiger partial charge in [-0.3, -0.25) is 9.59 Å². The predicted octanol–water partition coefficient (Wildman–Crippen LogP) is 1.52. The number of alkyl carbamates (subject to hydrolysis) is 1. The summed E-state index contributed by atoms with van der Waals surface area (Å²) in [5.41, 5.74) is 0. The smallest absolute Gasteiger partial charge is 0.407 e. The molecule has 0 fully saturated rings. The second-order valence-corrected chi connectivity index (χ2v) is 5.38. The lowest BCUT2D eigenvalue weighted by Crippen LogP contribution is -2.51. The Morgan fingerprint density at radius 3 is 2.24 bits per heavy atom. The van der Waals surface area contributed by atoms with E-state index in [2.05, 4.69) is 10.6 Å². The second kappa shape index (κ2) is 10.0. The summed E-state index contributed by atoms with van der Waals surface area (Å²) in [6, 6.07) is -1.81. The number of amides is 2. The number of carbonyl (C=O) groups is 3. The van der Waals surface area contributed by atoms with Crippen LogP contribution in [-0.4, -0.2) is 41.8 Å². The Bertz CT molecular complexity index is 357. The van der Waals surface area contributed by atoms with Crippen molar-refractivity contribution in [3.63, 3.8) is 0 Å². The molecule has 3 N–H and O–H groups in total. The van der Waals surface area contributed by atoms with E-state index in [4.69, 9.17) is 9.84 Å². The Labute approximate surface area is 125 Å². The molecule has 122 valence electrons. The van der Waals surface area contributed by atoms with Crippen LogP contribution < -0.4 is 10.6 Å². The lowest BCUT2D eigenvalue weighted by molar-refractivity contribution is -0.141. The molecule has 0 aromatic heterocycles. The first-order chi connectivity index (χ1) is 9.77. The SMILES string of the molecule is CCCCOC(=O)N[C@@H](CC(C)C)C(=O)N[C@@H](C)C(=O)O. The third-order valence-corrected chi connectivity index (χ3v) is 2.78. The molecule has 7 nitrogen and oxygen atoms in total. The molecule has 2 atom stereocenters. The summed E-state index contributed by atoms with van der Waals surface area (Å²) < 4.78 is 4.95. The first-order valence-corrected chi connectivity index (χ1v) is 7.24. The van der Waals surface area contributed by atoms with Gasteiger partial charge < -0.3 is 20.5 Å². The molecule has 0 bridgehead atoms. The summed E-state index contributed by atoms with van der Waals surface area (Å²) in [6.45, 7) is 7.45. The highest BCUT2D eigenvalue weighted by Crippen LogP contribution is 2.06. The Kier molecular flexibility index (Phi) is 9.16. The predicted molar refractivity (Wildman–Crippen MR) is 77.9 cm³/mol.